The zero-order valence-electron chi connectivity index (χ0n) is 10.8. The highest BCUT2D eigenvalue weighted by Crippen LogP contribution is 2.26. The third-order valence-corrected chi connectivity index (χ3v) is 4.01. The SMILES string of the molecule is Cn1c(C(=O)N2CCOC(CC(=O)O)C2)cc(Cl)c1Cl. The predicted octanol–water partition coefficient (Wildman–Crippen LogP) is 1.65. The molecule has 110 valence electrons. The second-order valence-electron chi connectivity index (χ2n) is 4.57. The minimum absolute atomic E-state index is 0.127. The van der Waals surface area contributed by atoms with Crippen LogP contribution in [0.4, 0.5) is 0 Å². The van der Waals surface area contributed by atoms with Crippen molar-refractivity contribution in [3.63, 3.8) is 0 Å². The second-order valence-corrected chi connectivity index (χ2v) is 5.33. The summed E-state index contributed by atoms with van der Waals surface area (Å²) in [6.07, 6.45) is -0.616. The van der Waals surface area contributed by atoms with Crippen molar-refractivity contribution in [3.8, 4) is 0 Å². The van der Waals surface area contributed by atoms with E-state index in [1.54, 1.807) is 11.9 Å². The van der Waals surface area contributed by atoms with Crippen LogP contribution in [0.15, 0.2) is 6.07 Å². The Bertz CT molecular complexity index is 544. The topological polar surface area (TPSA) is 71.8 Å². The summed E-state index contributed by atoms with van der Waals surface area (Å²) in [5.74, 6) is -1.19. The van der Waals surface area contributed by atoms with E-state index < -0.39 is 12.1 Å². The Morgan fingerprint density at radius 3 is 2.75 bits per heavy atom. The fourth-order valence-corrected chi connectivity index (χ4v) is 2.51. The highest BCUT2D eigenvalue weighted by Gasteiger charge is 2.28. The standard InChI is InChI=1S/C12H14Cl2N2O4/c1-15-9(5-8(13)11(15)14)12(19)16-2-3-20-7(6-16)4-10(17)18/h5,7H,2-4,6H2,1H3,(H,17,18). The fraction of sp³-hybridized carbons (Fsp3) is 0.500. The number of morpholine rings is 1. The number of carboxylic acids is 1. The average molecular weight is 321 g/mol. The van der Waals surface area contributed by atoms with Crippen LogP contribution in [0.1, 0.15) is 16.9 Å². The summed E-state index contributed by atoms with van der Waals surface area (Å²) in [4.78, 5) is 24.7. The molecule has 1 amide bonds. The van der Waals surface area contributed by atoms with Gasteiger partial charge in [0.15, 0.2) is 0 Å². The van der Waals surface area contributed by atoms with Crippen molar-refractivity contribution in [3.05, 3.63) is 21.9 Å². The molecule has 2 rings (SSSR count). The third kappa shape index (κ3) is 3.08. The van der Waals surface area contributed by atoms with E-state index in [0.29, 0.717) is 29.0 Å². The molecule has 0 saturated carbocycles. The lowest BCUT2D eigenvalue weighted by Gasteiger charge is -2.32. The first kappa shape index (κ1) is 15.2. The maximum Gasteiger partial charge on any atom is 0.306 e. The zero-order chi connectivity index (χ0) is 14.9. The molecule has 1 N–H and O–H groups in total. The van der Waals surface area contributed by atoms with Crippen LogP contribution in [0.5, 0.6) is 0 Å². The van der Waals surface area contributed by atoms with E-state index in [9.17, 15) is 9.59 Å². The zero-order valence-corrected chi connectivity index (χ0v) is 12.3. The van der Waals surface area contributed by atoms with Gasteiger partial charge < -0.3 is 19.3 Å². The molecule has 0 radical (unpaired) electrons. The molecule has 0 bridgehead atoms. The Kier molecular flexibility index (Phi) is 4.57. The molecule has 2 heterocycles. The number of carboxylic acid groups (broad SMARTS) is 1. The molecule has 1 saturated heterocycles. The van der Waals surface area contributed by atoms with Crippen LogP contribution in [-0.2, 0) is 16.6 Å². The Morgan fingerprint density at radius 2 is 2.20 bits per heavy atom. The van der Waals surface area contributed by atoms with Crippen molar-refractivity contribution in [1.82, 2.24) is 9.47 Å². The van der Waals surface area contributed by atoms with Gasteiger partial charge in [-0.15, -0.1) is 0 Å². The highest BCUT2D eigenvalue weighted by atomic mass is 35.5. The molecule has 1 fully saturated rings. The molecule has 6 nitrogen and oxygen atoms in total. The maximum atomic E-state index is 12.4. The van der Waals surface area contributed by atoms with Gasteiger partial charge in [-0.2, -0.15) is 0 Å². The van der Waals surface area contributed by atoms with E-state index in [4.69, 9.17) is 33.0 Å². The number of hydrogen-bond donors (Lipinski definition) is 1. The van der Waals surface area contributed by atoms with Crippen LogP contribution < -0.4 is 0 Å². The van der Waals surface area contributed by atoms with Crippen molar-refractivity contribution in [2.24, 2.45) is 7.05 Å². The smallest absolute Gasteiger partial charge is 0.306 e. The molecule has 0 aliphatic carbocycles. The van der Waals surface area contributed by atoms with Crippen LogP contribution in [0.3, 0.4) is 0 Å². The summed E-state index contributed by atoms with van der Waals surface area (Å²) in [7, 11) is 1.65. The van der Waals surface area contributed by atoms with Crippen molar-refractivity contribution in [1.29, 1.82) is 0 Å². The number of amides is 1. The lowest BCUT2D eigenvalue weighted by molar-refractivity contribution is -0.141. The predicted molar refractivity (Wildman–Crippen MR) is 73.3 cm³/mol. The molecule has 1 unspecified atom stereocenters. The van der Waals surface area contributed by atoms with Gasteiger partial charge in [-0.1, -0.05) is 23.2 Å². The van der Waals surface area contributed by atoms with Crippen LogP contribution >= 0.6 is 23.2 Å². The van der Waals surface area contributed by atoms with Crippen molar-refractivity contribution in [2.45, 2.75) is 12.5 Å². The van der Waals surface area contributed by atoms with Crippen LogP contribution in [-0.4, -0.2) is 52.3 Å². The van der Waals surface area contributed by atoms with Crippen LogP contribution in [0, 0.1) is 0 Å². The average Bonchev–Trinajstić information content (AvgIpc) is 2.65. The fourth-order valence-electron chi connectivity index (χ4n) is 2.13. The number of nitrogens with zero attached hydrogens (tertiary/aromatic N) is 2. The first-order valence-corrected chi connectivity index (χ1v) is 6.79. The Morgan fingerprint density at radius 1 is 1.50 bits per heavy atom. The number of carbonyl (C=O) groups excluding carboxylic acids is 1. The molecular formula is C12H14Cl2N2O4. The number of carbonyl (C=O) groups is 2. The largest absolute Gasteiger partial charge is 0.481 e. The Hall–Kier alpha value is -1.24. The first-order chi connectivity index (χ1) is 9.40. The monoisotopic (exact) mass is 320 g/mol. The molecule has 20 heavy (non-hydrogen) atoms. The quantitative estimate of drug-likeness (QED) is 0.919. The summed E-state index contributed by atoms with van der Waals surface area (Å²) in [5.41, 5.74) is 0.371. The normalized spacial score (nSPS) is 19.1. The number of aliphatic carboxylic acids is 1. The molecule has 0 spiro atoms. The number of rotatable bonds is 3. The molecule has 8 heteroatoms. The van der Waals surface area contributed by atoms with Crippen LogP contribution in [0.2, 0.25) is 10.2 Å². The first-order valence-electron chi connectivity index (χ1n) is 6.03. The number of hydrogen-bond acceptors (Lipinski definition) is 3. The van der Waals surface area contributed by atoms with E-state index in [0.717, 1.165) is 0 Å². The molecule has 1 aliphatic heterocycles. The molecule has 1 aliphatic rings. The van der Waals surface area contributed by atoms with E-state index in [2.05, 4.69) is 0 Å². The van der Waals surface area contributed by atoms with Gasteiger partial charge in [0, 0.05) is 20.1 Å². The molecule has 0 aromatic carbocycles. The number of ether oxygens (including phenoxy) is 1. The van der Waals surface area contributed by atoms with Crippen LogP contribution in [0.25, 0.3) is 0 Å². The lowest BCUT2D eigenvalue weighted by atomic mass is 10.2. The minimum atomic E-state index is -0.950. The van der Waals surface area contributed by atoms with Crippen molar-refractivity contribution in [2.75, 3.05) is 19.7 Å². The molecular weight excluding hydrogens is 307 g/mol. The summed E-state index contributed by atoms with van der Waals surface area (Å²) in [6.45, 7) is 0.969. The van der Waals surface area contributed by atoms with Gasteiger partial charge in [0.25, 0.3) is 5.91 Å². The van der Waals surface area contributed by atoms with Gasteiger partial charge in [0.2, 0.25) is 0 Å². The maximum absolute atomic E-state index is 12.4. The van der Waals surface area contributed by atoms with Gasteiger partial charge >= 0.3 is 5.97 Å². The summed E-state index contributed by atoms with van der Waals surface area (Å²) < 4.78 is 6.84. The lowest BCUT2D eigenvalue weighted by Crippen LogP contribution is -2.46. The molecule has 1 aromatic rings. The Balaban J connectivity index is 2.12. The van der Waals surface area contributed by atoms with Crippen molar-refractivity contribution >= 4 is 35.1 Å². The van der Waals surface area contributed by atoms with Gasteiger partial charge in [0.1, 0.15) is 10.8 Å². The van der Waals surface area contributed by atoms with E-state index >= 15 is 0 Å². The van der Waals surface area contributed by atoms with E-state index in [1.165, 1.54) is 10.6 Å². The number of aromatic nitrogens is 1. The van der Waals surface area contributed by atoms with Gasteiger partial charge in [-0.25, -0.2) is 0 Å². The number of halogens is 2. The van der Waals surface area contributed by atoms with Gasteiger partial charge in [0.05, 0.1) is 24.2 Å². The Labute approximate surface area is 125 Å². The van der Waals surface area contributed by atoms with Gasteiger partial charge in [-0.05, 0) is 6.07 Å². The van der Waals surface area contributed by atoms with E-state index in [1.807, 2.05) is 0 Å². The second kappa shape index (κ2) is 6.03. The van der Waals surface area contributed by atoms with Gasteiger partial charge in [-0.3, -0.25) is 9.59 Å². The van der Waals surface area contributed by atoms with E-state index in [-0.39, 0.29) is 18.9 Å². The summed E-state index contributed by atoms with van der Waals surface area (Å²) in [5, 5.41) is 9.38. The molecule has 1 atom stereocenters. The minimum Gasteiger partial charge on any atom is -0.481 e. The molecule has 1 aromatic heterocycles. The van der Waals surface area contributed by atoms with Crippen molar-refractivity contribution < 1.29 is 19.4 Å². The third-order valence-electron chi connectivity index (χ3n) is 3.16. The summed E-state index contributed by atoms with van der Waals surface area (Å²) in [6, 6.07) is 1.51. The highest BCUT2D eigenvalue weighted by molar-refractivity contribution is 6.41. The summed E-state index contributed by atoms with van der Waals surface area (Å²) >= 11 is 11.8.